The van der Waals surface area contributed by atoms with Gasteiger partial charge in [0.05, 0.1) is 12.8 Å². The molecular weight excluding hydrogens is 236 g/mol. The molecule has 0 bridgehead atoms. The molecule has 1 unspecified atom stereocenters. The summed E-state index contributed by atoms with van der Waals surface area (Å²) in [4.78, 5) is 2.27. The average molecular weight is 264 g/mol. The fraction of sp³-hybridized carbons (Fsp3) is 0.625. The predicted molar refractivity (Wildman–Crippen MR) is 83.2 cm³/mol. The Morgan fingerprint density at radius 3 is 2.53 bits per heavy atom. The van der Waals surface area contributed by atoms with Crippen LogP contribution < -0.4 is 15.0 Å². The SMILES string of the molecule is CCCNC(CN(C)c1ccccc1OC)C(C)C. The van der Waals surface area contributed by atoms with Gasteiger partial charge >= 0.3 is 0 Å². The zero-order valence-electron chi connectivity index (χ0n) is 12.9. The first-order valence-electron chi connectivity index (χ1n) is 7.17. The van der Waals surface area contributed by atoms with Crippen LogP contribution in [0.3, 0.4) is 0 Å². The van der Waals surface area contributed by atoms with Crippen molar-refractivity contribution < 1.29 is 4.74 Å². The van der Waals surface area contributed by atoms with Crippen molar-refractivity contribution in [1.82, 2.24) is 5.32 Å². The molecule has 1 aromatic carbocycles. The molecule has 0 aromatic heterocycles. The summed E-state index contributed by atoms with van der Waals surface area (Å²) in [6.45, 7) is 8.79. The Hall–Kier alpha value is -1.22. The number of rotatable bonds is 8. The molecule has 19 heavy (non-hydrogen) atoms. The summed E-state index contributed by atoms with van der Waals surface area (Å²) in [5.41, 5.74) is 1.15. The largest absolute Gasteiger partial charge is 0.495 e. The Labute approximate surface area is 118 Å². The number of nitrogens with zero attached hydrogens (tertiary/aromatic N) is 1. The first kappa shape index (κ1) is 15.8. The van der Waals surface area contributed by atoms with E-state index >= 15 is 0 Å². The molecule has 0 saturated heterocycles. The maximum Gasteiger partial charge on any atom is 0.142 e. The lowest BCUT2D eigenvalue weighted by molar-refractivity contribution is 0.395. The van der Waals surface area contributed by atoms with E-state index in [0.29, 0.717) is 12.0 Å². The third-order valence-electron chi connectivity index (χ3n) is 3.43. The first-order chi connectivity index (χ1) is 9.10. The van der Waals surface area contributed by atoms with E-state index in [1.54, 1.807) is 7.11 Å². The highest BCUT2D eigenvalue weighted by atomic mass is 16.5. The smallest absolute Gasteiger partial charge is 0.142 e. The number of benzene rings is 1. The molecule has 0 aliphatic heterocycles. The van der Waals surface area contributed by atoms with Crippen molar-refractivity contribution in [3.8, 4) is 5.75 Å². The van der Waals surface area contributed by atoms with Crippen LogP contribution in [0.15, 0.2) is 24.3 Å². The van der Waals surface area contributed by atoms with Gasteiger partial charge in [-0.25, -0.2) is 0 Å². The van der Waals surface area contributed by atoms with Gasteiger partial charge in [-0.15, -0.1) is 0 Å². The molecule has 108 valence electrons. The molecule has 3 heteroatoms. The maximum absolute atomic E-state index is 5.43. The van der Waals surface area contributed by atoms with Crippen molar-refractivity contribution in [2.24, 2.45) is 5.92 Å². The van der Waals surface area contributed by atoms with Gasteiger partial charge in [-0.3, -0.25) is 0 Å². The molecule has 0 amide bonds. The topological polar surface area (TPSA) is 24.5 Å². The van der Waals surface area contributed by atoms with Crippen molar-refractivity contribution in [1.29, 1.82) is 0 Å². The van der Waals surface area contributed by atoms with Crippen molar-refractivity contribution in [3.63, 3.8) is 0 Å². The number of hydrogen-bond acceptors (Lipinski definition) is 3. The Kier molecular flexibility index (Phi) is 6.71. The van der Waals surface area contributed by atoms with Crippen molar-refractivity contribution in [3.05, 3.63) is 24.3 Å². The van der Waals surface area contributed by atoms with Crippen molar-refractivity contribution >= 4 is 5.69 Å². The Bertz CT molecular complexity index is 366. The molecule has 0 heterocycles. The van der Waals surface area contributed by atoms with E-state index < -0.39 is 0 Å². The van der Waals surface area contributed by atoms with Gasteiger partial charge in [0.1, 0.15) is 5.75 Å². The van der Waals surface area contributed by atoms with Gasteiger partial charge in [-0.1, -0.05) is 32.9 Å². The molecule has 0 radical (unpaired) electrons. The van der Waals surface area contributed by atoms with Crippen LogP contribution in [0.4, 0.5) is 5.69 Å². The third kappa shape index (κ3) is 4.75. The Balaban J connectivity index is 2.72. The lowest BCUT2D eigenvalue weighted by atomic mass is 10.0. The third-order valence-corrected chi connectivity index (χ3v) is 3.43. The fourth-order valence-electron chi connectivity index (χ4n) is 2.18. The van der Waals surface area contributed by atoms with E-state index in [-0.39, 0.29) is 0 Å². The summed E-state index contributed by atoms with van der Waals surface area (Å²) in [6.07, 6.45) is 1.17. The van der Waals surface area contributed by atoms with E-state index in [1.165, 1.54) is 6.42 Å². The second kappa shape index (κ2) is 8.05. The normalized spacial score (nSPS) is 12.5. The van der Waals surface area contributed by atoms with Crippen LogP contribution in [0.1, 0.15) is 27.2 Å². The summed E-state index contributed by atoms with van der Waals surface area (Å²) in [6, 6.07) is 8.67. The summed E-state index contributed by atoms with van der Waals surface area (Å²) < 4.78 is 5.43. The first-order valence-corrected chi connectivity index (χ1v) is 7.17. The Morgan fingerprint density at radius 1 is 1.26 bits per heavy atom. The monoisotopic (exact) mass is 264 g/mol. The number of nitrogens with one attached hydrogen (secondary N) is 1. The van der Waals surface area contributed by atoms with Gasteiger partial charge in [-0.2, -0.15) is 0 Å². The zero-order chi connectivity index (χ0) is 14.3. The van der Waals surface area contributed by atoms with Crippen molar-refractivity contribution in [2.45, 2.75) is 33.2 Å². The standard InChI is InChI=1S/C16H28N2O/c1-6-11-17-14(13(2)3)12-18(4)15-9-7-8-10-16(15)19-5/h7-10,13-14,17H,6,11-12H2,1-5H3. The molecule has 0 spiro atoms. The number of anilines is 1. The van der Waals surface area contributed by atoms with Crippen LogP contribution in [0.5, 0.6) is 5.75 Å². The van der Waals surface area contributed by atoms with Crippen LogP contribution in [0.25, 0.3) is 0 Å². The van der Waals surface area contributed by atoms with E-state index in [4.69, 9.17) is 4.74 Å². The van der Waals surface area contributed by atoms with Gasteiger partial charge in [0, 0.05) is 19.6 Å². The van der Waals surface area contributed by atoms with E-state index in [2.05, 4.69) is 50.2 Å². The van der Waals surface area contributed by atoms with E-state index in [1.807, 2.05) is 12.1 Å². The molecule has 0 aliphatic rings. The van der Waals surface area contributed by atoms with E-state index in [0.717, 1.165) is 24.5 Å². The zero-order valence-corrected chi connectivity index (χ0v) is 12.9. The van der Waals surface area contributed by atoms with Crippen LogP contribution >= 0.6 is 0 Å². The van der Waals surface area contributed by atoms with Gasteiger partial charge in [0.15, 0.2) is 0 Å². The second-order valence-electron chi connectivity index (χ2n) is 5.36. The molecule has 0 fully saturated rings. The van der Waals surface area contributed by atoms with Crippen LogP contribution in [0.2, 0.25) is 0 Å². The Morgan fingerprint density at radius 2 is 1.95 bits per heavy atom. The number of hydrogen-bond donors (Lipinski definition) is 1. The van der Waals surface area contributed by atoms with E-state index in [9.17, 15) is 0 Å². The molecule has 1 N–H and O–H groups in total. The minimum absolute atomic E-state index is 0.495. The lowest BCUT2D eigenvalue weighted by Crippen LogP contribution is -2.43. The van der Waals surface area contributed by atoms with Crippen LogP contribution in [-0.2, 0) is 0 Å². The lowest BCUT2D eigenvalue weighted by Gasteiger charge is -2.30. The maximum atomic E-state index is 5.43. The highest BCUT2D eigenvalue weighted by Gasteiger charge is 2.16. The van der Waals surface area contributed by atoms with Crippen molar-refractivity contribution in [2.75, 3.05) is 32.1 Å². The number of likely N-dealkylation sites (N-methyl/N-ethyl adjacent to an activating group) is 1. The minimum Gasteiger partial charge on any atom is -0.495 e. The number of methoxy groups -OCH3 is 1. The molecule has 0 saturated carbocycles. The van der Waals surface area contributed by atoms with Gasteiger partial charge < -0.3 is 15.0 Å². The minimum atomic E-state index is 0.495. The van der Waals surface area contributed by atoms with Gasteiger partial charge in [-0.05, 0) is 31.0 Å². The molecule has 1 aromatic rings. The quantitative estimate of drug-likeness (QED) is 0.780. The summed E-state index contributed by atoms with van der Waals surface area (Å²) in [5, 5.41) is 3.62. The second-order valence-corrected chi connectivity index (χ2v) is 5.36. The molecule has 3 nitrogen and oxygen atoms in total. The van der Waals surface area contributed by atoms with Gasteiger partial charge in [0.2, 0.25) is 0 Å². The molecular formula is C16H28N2O. The highest BCUT2D eigenvalue weighted by molar-refractivity contribution is 5.57. The molecule has 0 aliphatic carbocycles. The molecule has 1 rings (SSSR count). The van der Waals surface area contributed by atoms with Crippen LogP contribution in [-0.4, -0.2) is 33.3 Å². The van der Waals surface area contributed by atoms with Gasteiger partial charge in [0.25, 0.3) is 0 Å². The number of para-hydroxylation sites is 2. The average Bonchev–Trinajstić information content (AvgIpc) is 2.42. The summed E-state index contributed by atoms with van der Waals surface area (Å²) in [7, 11) is 3.85. The fourth-order valence-corrected chi connectivity index (χ4v) is 2.18. The predicted octanol–water partition coefficient (Wildman–Crippen LogP) is 3.16. The summed E-state index contributed by atoms with van der Waals surface area (Å²) >= 11 is 0. The summed E-state index contributed by atoms with van der Waals surface area (Å²) in [5.74, 6) is 1.55. The van der Waals surface area contributed by atoms with Crippen LogP contribution in [0, 0.1) is 5.92 Å². The number of ether oxygens (including phenoxy) is 1. The highest BCUT2D eigenvalue weighted by Crippen LogP contribution is 2.26. The molecule has 1 atom stereocenters.